The molecule has 154 valence electrons. The fraction of sp³-hybridized carbons (Fsp3) is 0.474. The third kappa shape index (κ3) is 4.12. The number of aromatic hydroxyl groups is 1. The Morgan fingerprint density at radius 1 is 1.18 bits per heavy atom. The molecule has 3 N–H and O–H groups in total. The summed E-state index contributed by atoms with van der Waals surface area (Å²) in [5, 5.41) is 17.3. The van der Waals surface area contributed by atoms with Gasteiger partial charge in [0.15, 0.2) is 0 Å². The highest BCUT2D eigenvalue weighted by Gasteiger charge is 2.25. The largest absolute Gasteiger partial charge is 0.506 e. The summed E-state index contributed by atoms with van der Waals surface area (Å²) in [7, 11) is 0. The van der Waals surface area contributed by atoms with Crippen molar-refractivity contribution in [1.29, 1.82) is 0 Å². The lowest BCUT2D eigenvalue weighted by atomic mass is 9.99. The number of hydrogen-bond acceptors (Lipinski definition) is 5. The number of para-hydroxylation sites is 1. The Bertz CT molecular complexity index is 910. The van der Waals surface area contributed by atoms with Gasteiger partial charge in [-0.2, -0.15) is 0 Å². The monoisotopic (exact) mass is 428 g/mol. The number of nitrogens with zero attached hydrogens (tertiary/aromatic N) is 2. The van der Waals surface area contributed by atoms with E-state index in [-0.39, 0.29) is 36.1 Å². The van der Waals surface area contributed by atoms with Gasteiger partial charge in [0, 0.05) is 51.2 Å². The number of piperazine rings is 1. The fourth-order valence-electron chi connectivity index (χ4n) is 3.97. The molecular weight excluding hydrogens is 403 g/mol. The molecule has 0 atom stereocenters. The third-order valence-corrected chi connectivity index (χ3v) is 5.32. The number of carbonyl (C=O) groups excluding carboxylic acids is 1. The van der Waals surface area contributed by atoms with Crippen molar-refractivity contribution in [2.45, 2.75) is 19.4 Å². The molecule has 4 rings (SSSR count). The lowest BCUT2D eigenvalue weighted by Gasteiger charge is -2.27. The van der Waals surface area contributed by atoms with Crippen molar-refractivity contribution in [1.82, 2.24) is 20.1 Å². The number of halogens is 2. The Morgan fingerprint density at radius 3 is 2.68 bits per heavy atom. The van der Waals surface area contributed by atoms with E-state index in [2.05, 4.69) is 15.5 Å². The standard InChI is InChI=1S/C19H24N4O3.2ClH/c24-17-14-5-1-3-13-4-2-9-23(16(13)14)19(26)15(17)18(25)21-8-12-22-10-6-20-7-11-22;;/h1,3,5,20,24H,2,4,6-12H2,(H,21,25);2*1H. The molecular formula is C19H26Cl2N4O3. The molecule has 2 aromatic rings. The van der Waals surface area contributed by atoms with E-state index in [1.165, 1.54) is 0 Å². The second-order valence-electron chi connectivity index (χ2n) is 6.94. The first-order chi connectivity index (χ1) is 12.7. The van der Waals surface area contributed by atoms with Gasteiger partial charge in [0.25, 0.3) is 11.5 Å². The van der Waals surface area contributed by atoms with E-state index in [4.69, 9.17) is 0 Å². The SMILES string of the molecule is Cl.Cl.O=C(NCCN1CCNCC1)c1c(O)c2cccc3c2n(c1=O)CCC3. The van der Waals surface area contributed by atoms with Crippen molar-refractivity contribution >= 4 is 41.6 Å². The zero-order valence-electron chi connectivity index (χ0n) is 15.6. The first-order valence-corrected chi connectivity index (χ1v) is 9.25. The predicted octanol–water partition coefficient (Wildman–Crippen LogP) is 1.13. The van der Waals surface area contributed by atoms with E-state index in [0.29, 0.717) is 18.5 Å². The van der Waals surface area contributed by atoms with Crippen molar-refractivity contribution in [3.63, 3.8) is 0 Å². The van der Waals surface area contributed by atoms with Gasteiger partial charge in [-0.15, -0.1) is 24.8 Å². The summed E-state index contributed by atoms with van der Waals surface area (Å²) < 4.78 is 1.64. The molecule has 2 aliphatic heterocycles. The van der Waals surface area contributed by atoms with Crippen LogP contribution >= 0.6 is 24.8 Å². The van der Waals surface area contributed by atoms with Crippen LogP contribution in [0.15, 0.2) is 23.0 Å². The number of benzene rings is 1. The normalized spacial score (nSPS) is 16.1. The van der Waals surface area contributed by atoms with E-state index in [9.17, 15) is 14.7 Å². The van der Waals surface area contributed by atoms with Crippen LogP contribution in [0, 0.1) is 0 Å². The van der Waals surface area contributed by atoms with Gasteiger partial charge in [-0.25, -0.2) is 0 Å². The number of nitrogens with one attached hydrogen (secondary N) is 2. The van der Waals surface area contributed by atoms with Crippen LogP contribution in [0.2, 0.25) is 0 Å². The fourth-order valence-corrected chi connectivity index (χ4v) is 3.97. The molecule has 0 spiro atoms. The Hall–Kier alpha value is -1.80. The highest BCUT2D eigenvalue weighted by molar-refractivity contribution is 6.03. The van der Waals surface area contributed by atoms with Crippen LogP contribution in [0.4, 0.5) is 0 Å². The maximum atomic E-state index is 12.9. The second kappa shape index (κ2) is 9.60. The number of hydrogen-bond donors (Lipinski definition) is 3. The summed E-state index contributed by atoms with van der Waals surface area (Å²) >= 11 is 0. The number of carbonyl (C=O) groups is 1. The average Bonchev–Trinajstić information content (AvgIpc) is 2.67. The van der Waals surface area contributed by atoms with Gasteiger partial charge in [-0.3, -0.25) is 14.5 Å². The second-order valence-corrected chi connectivity index (χ2v) is 6.94. The van der Waals surface area contributed by atoms with E-state index in [1.54, 1.807) is 10.6 Å². The van der Waals surface area contributed by atoms with Crippen LogP contribution in [0.5, 0.6) is 5.75 Å². The summed E-state index contributed by atoms with van der Waals surface area (Å²) in [6.45, 7) is 5.57. The summed E-state index contributed by atoms with van der Waals surface area (Å²) in [5.74, 6) is -0.700. The number of aryl methyl sites for hydroxylation is 2. The maximum Gasteiger partial charge on any atom is 0.267 e. The Balaban J connectivity index is 0.00000140. The van der Waals surface area contributed by atoms with Crippen LogP contribution in [-0.2, 0) is 13.0 Å². The third-order valence-electron chi connectivity index (χ3n) is 5.32. The molecule has 0 aliphatic carbocycles. The van der Waals surface area contributed by atoms with Crippen molar-refractivity contribution < 1.29 is 9.90 Å². The molecule has 1 aromatic carbocycles. The molecule has 1 aromatic heterocycles. The minimum atomic E-state index is -0.496. The zero-order chi connectivity index (χ0) is 18.1. The van der Waals surface area contributed by atoms with Gasteiger partial charge in [-0.1, -0.05) is 12.1 Å². The summed E-state index contributed by atoms with van der Waals surface area (Å²) in [6, 6.07) is 5.61. The zero-order valence-corrected chi connectivity index (χ0v) is 17.2. The quantitative estimate of drug-likeness (QED) is 0.679. The van der Waals surface area contributed by atoms with Gasteiger partial charge in [0.1, 0.15) is 11.3 Å². The summed E-state index contributed by atoms with van der Waals surface area (Å²) in [5.41, 5.74) is 1.27. The Kier molecular flexibility index (Phi) is 7.71. The minimum Gasteiger partial charge on any atom is -0.506 e. The van der Waals surface area contributed by atoms with Crippen molar-refractivity contribution in [3.8, 4) is 5.75 Å². The van der Waals surface area contributed by atoms with Crippen LogP contribution in [0.1, 0.15) is 22.3 Å². The summed E-state index contributed by atoms with van der Waals surface area (Å²) in [4.78, 5) is 27.7. The van der Waals surface area contributed by atoms with Crippen molar-refractivity contribution in [2.24, 2.45) is 0 Å². The Morgan fingerprint density at radius 2 is 1.93 bits per heavy atom. The van der Waals surface area contributed by atoms with Crippen LogP contribution in [0.25, 0.3) is 10.9 Å². The van der Waals surface area contributed by atoms with Gasteiger partial charge < -0.3 is 20.3 Å². The van der Waals surface area contributed by atoms with Gasteiger partial charge in [-0.05, 0) is 24.5 Å². The highest BCUT2D eigenvalue weighted by Crippen LogP contribution is 2.31. The average molecular weight is 429 g/mol. The number of rotatable bonds is 4. The van der Waals surface area contributed by atoms with Gasteiger partial charge in [0.2, 0.25) is 0 Å². The molecule has 1 amide bonds. The topological polar surface area (TPSA) is 86.6 Å². The predicted molar refractivity (Wildman–Crippen MR) is 114 cm³/mol. The molecule has 2 aliphatic rings. The van der Waals surface area contributed by atoms with Crippen LogP contribution in [-0.4, -0.2) is 59.7 Å². The molecule has 1 fully saturated rings. The highest BCUT2D eigenvalue weighted by atomic mass is 35.5. The molecule has 3 heterocycles. The van der Waals surface area contributed by atoms with Crippen molar-refractivity contribution in [3.05, 3.63) is 39.7 Å². The molecule has 28 heavy (non-hydrogen) atoms. The van der Waals surface area contributed by atoms with E-state index in [1.807, 2.05) is 12.1 Å². The molecule has 0 bridgehead atoms. The number of amides is 1. The lowest BCUT2D eigenvalue weighted by molar-refractivity contribution is 0.0942. The van der Waals surface area contributed by atoms with Gasteiger partial charge >= 0.3 is 0 Å². The summed E-state index contributed by atoms with van der Waals surface area (Å²) in [6.07, 6.45) is 1.74. The molecule has 0 unspecified atom stereocenters. The molecule has 7 nitrogen and oxygen atoms in total. The van der Waals surface area contributed by atoms with E-state index in [0.717, 1.165) is 56.6 Å². The first-order valence-electron chi connectivity index (χ1n) is 9.25. The minimum absolute atomic E-state index is 0. The Labute approximate surface area is 175 Å². The number of aromatic nitrogens is 1. The van der Waals surface area contributed by atoms with Gasteiger partial charge in [0.05, 0.1) is 5.52 Å². The molecule has 1 saturated heterocycles. The first kappa shape index (κ1) is 22.5. The molecule has 0 saturated carbocycles. The number of pyridine rings is 1. The maximum absolute atomic E-state index is 12.9. The molecule has 0 radical (unpaired) electrons. The van der Waals surface area contributed by atoms with E-state index >= 15 is 0 Å². The molecule has 9 heteroatoms. The van der Waals surface area contributed by atoms with E-state index < -0.39 is 11.5 Å². The van der Waals surface area contributed by atoms with Crippen LogP contribution in [0.3, 0.4) is 0 Å². The smallest absolute Gasteiger partial charge is 0.267 e. The lowest BCUT2D eigenvalue weighted by Crippen LogP contribution is -2.46. The van der Waals surface area contributed by atoms with Crippen molar-refractivity contribution in [2.75, 3.05) is 39.3 Å². The van der Waals surface area contributed by atoms with Crippen LogP contribution < -0.4 is 16.2 Å².